The minimum atomic E-state index is -1.04. The molecular formula is C15H22O5. The molecule has 0 aliphatic heterocycles. The summed E-state index contributed by atoms with van der Waals surface area (Å²) in [5.41, 5.74) is 1.13. The van der Waals surface area contributed by atoms with Gasteiger partial charge in [-0.1, -0.05) is 38.5 Å². The Morgan fingerprint density at radius 3 is 1.80 bits per heavy atom. The van der Waals surface area contributed by atoms with Crippen LogP contribution in [-0.4, -0.2) is 22.2 Å². The third kappa shape index (κ3) is 8.34. The van der Waals surface area contributed by atoms with Crippen LogP contribution in [0.4, 0.5) is 0 Å². The summed E-state index contributed by atoms with van der Waals surface area (Å²) >= 11 is 0. The number of furan rings is 1. The minimum Gasteiger partial charge on any atom is -0.481 e. The molecule has 0 radical (unpaired) electrons. The van der Waals surface area contributed by atoms with Gasteiger partial charge >= 0.3 is 11.9 Å². The van der Waals surface area contributed by atoms with Crippen LogP contribution in [-0.2, 0) is 22.4 Å². The molecule has 20 heavy (non-hydrogen) atoms. The van der Waals surface area contributed by atoms with Crippen molar-refractivity contribution >= 4 is 11.9 Å². The molecule has 0 atom stereocenters. The minimum absolute atomic E-state index is 0.203. The SMILES string of the molecule is C1CC1.C1CC1.Cc1coc(CC(=O)O)c1CC(=O)O. The molecule has 0 aromatic carbocycles. The summed E-state index contributed by atoms with van der Waals surface area (Å²) in [6, 6.07) is 0. The summed E-state index contributed by atoms with van der Waals surface area (Å²) in [4.78, 5) is 20.9. The van der Waals surface area contributed by atoms with Gasteiger partial charge in [-0.15, -0.1) is 0 Å². The standard InChI is InChI=1S/C9H10O5.2C3H6/c1-5-4-14-7(3-9(12)13)6(5)2-8(10)11;2*1-2-3-1/h4H,2-3H2,1H3,(H,10,11)(H,12,13);2*1-3H2. The first-order valence-electron chi connectivity index (χ1n) is 7.00. The zero-order valence-electron chi connectivity index (χ0n) is 11.9. The first-order valence-corrected chi connectivity index (χ1v) is 7.00. The highest BCUT2D eigenvalue weighted by Crippen LogP contribution is 2.18. The second-order valence-electron chi connectivity index (χ2n) is 5.08. The average molecular weight is 282 g/mol. The summed E-state index contributed by atoms with van der Waals surface area (Å²) in [5, 5.41) is 17.1. The first-order chi connectivity index (χ1) is 9.50. The summed E-state index contributed by atoms with van der Waals surface area (Å²) in [6.45, 7) is 1.69. The summed E-state index contributed by atoms with van der Waals surface area (Å²) in [5.74, 6) is -1.82. The molecule has 2 aliphatic carbocycles. The van der Waals surface area contributed by atoms with E-state index in [0.717, 1.165) is 0 Å². The van der Waals surface area contributed by atoms with Gasteiger partial charge in [-0.05, 0) is 12.5 Å². The molecule has 0 unspecified atom stereocenters. The van der Waals surface area contributed by atoms with Crippen molar-refractivity contribution in [3.63, 3.8) is 0 Å². The highest BCUT2D eigenvalue weighted by Gasteiger charge is 2.16. The second-order valence-corrected chi connectivity index (χ2v) is 5.08. The predicted molar refractivity (Wildman–Crippen MR) is 73.8 cm³/mol. The van der Waals surface area contributed by atoms with Gasteiger partial charge in [0.1, 0.15) is 12.2 Å². The van der Waals surface area contributed by atoms with E-state index in [2.05, 4.69) is 0 Å². The van der Waals surface area contributed by atoms with Gasteiger partial charge in [-0.25, -0.2) is 0 Å². The molecule has 0 spiro atoms. The molecule has 1 aromatic heterocycles. The molecule has 0 saturated heterocycles. The van der Waals surface area contributed by atoms with Gasteiger partial charge in [0.15, 0.2) is 0 Å². The Balaban J connectivity index is 0.000000269. The number of aryl methyl sites for hydroxylation is 1. The molecule has 1 heterocycles. The van der Waals surface area contributed by atoms with Gasteiger partial charge in [-0.3, -0.25) is 9.59 Å². The number of carboxylic acid groups (broad SMARTS) is 2. The number of hydrogen-bond acceptors (Lipinski definition) is 3. The van der Waals surface area contributed by atoms with Gasteiger partial charge in [0.25, 0.3) is 0 Å². The van der Waals surface area contributed by atoms with Crippen molar-refractivity contribution in [2.24, 2.45) is 0 Å². The third-order valence-corrected chi connectivity index (χ3v) is 2.54. The topological polar surface area (TPSA) is 87.7 Å². The lowest BCUT2D eigenvalue weighted by atomic mass is 10.1. The molecule has 2 N–H and O–H groups in total. The maximum Gasteiger partial charge on any atom is 0.311 e. The van der Waals surface area contributed by atoms with Crippen LogP contribution in [0, 0.1) is 6.92 Å². The molecule has 2 saturated carbocycles. The van der Waals surface area contributed by atoms with Crippen molar-refractivity contribution in [2.45, 2.75) is 58.3 Å². The van der Waals surface area contributed by atoms with Crippen LogP contribution in [0.2, 0.25) is 0 Å². The van der Waals surface area contributed by atoms with Gasteiger partial charge in [0, 0.05) is 5.56 Å². The Morgan fingerprint density at radius 2 is 1.45 bits per heavy atom. The van der Waals surface area contributed by atoms with E-state index < -0.39 is 11.9 Å². The molecule has 2 fully saturated rings. The van der Waals surface area contributed by atoms with E-state index in [9.17, 15) is 9.59 Å². The Kier molecular flexibility index (Phi) is 6.84. The van der Waals surface area contributed by atoms with E-state index in [1.54, 1.807) is 6.92 Å². The van der Waals surface area contributed by atoms with Crippen molar-refractivity contribution in [3.05, 3.63) is 23.2 Å². The molecule has 0 amide bonds. The average Bonchev–Trinajstić information content (AvgIpc) is 3.22. The Bertz CT molecular complexity index is 432. The van der Waals surface area contributed by atoms with Crippen LogP contribution in [0.5, 0.6) is 0 Å². The van der Waals surface area contributed by atoms with E-state index >= 15 is 0 Å². The van der Waals surface area contributed by atoms with Crippen molar-refractivity contribution in [2.75, 3.05) is 0 Å². The van der Waals surface area contributed by atoms with Crippen molar-refractivity contribution in [1.29, 1.82) is 0 Å². The summed E-state index contributed by atoms with van der Waals surface area (Å²) in [6.07, 6.45) is 9.89. The van der Waals surface area contributed by atoms with Crippen LogP contribution >= 0.6 is 0 Å². The highest BCUT2D eigenvalue weighted by atomic mass is 16.4. The lowest BCUT2D eigenvalue weighted by Crippen LogP contribution is -2.06. The number of hydrogen-bond donors (Lipinski definition) is 2. The van der Waals surface area contributed by atoms with Gasteiger partial charge in [0.05, 0.1) is 12.7 Å². The number of carboxylic acids is 2. The van der Waals surface area contributed by atoms with Crippen molar-refractivity contribution in [3.8, 4) is 0 Å². The van der Waals surface area contributed by atoms with Crippen molar-refractivity contribution in [1.82, 2.24) is 0 Å². The van der Waals surface area contributed by atoms with Crippen molar-refractivity contribution < 1.29 is 24.2 Å². The highest BCUT2D eigenvalue weighted by molar-refractivity contribution is 5.73. The normalized spacial score (nSPS) is 14.2. The van der Waals surface area contributed by atoms with Crippen LogP contribution < -0.4 is 0 Å². The number of carbonyl (C=O) groups is 2. The number of rotatable bonds is 4. The predicted octanol–water partition coefficient (Wildman–Crippen LogP) is 3.18. The van der Waals surface area contributed by atoms with Crippen LogP contribution in [0.15, 0.2) is 10.7 Å². The Hall–Kier alpha value is -1.78. The molecule has 1 aromatic rings. The van der Waals surface area contributed by atoms with Gasteiger partial charge in [0.2, 0.25) is 0 Å². The first kappa shape index (κ1) is 16.3. The Labute approximate surface area is 118 Å². The van der Waals surface area contributed by atoms with Crippen LogP contribution in [0.25, 0.3) is 0 Å². The summed E-state index contributed by atoms with van der Waals surface area (Å²) < 4.78 is 4.96. The lowest BCUT2D eigenvalue weighted by molar-refractivity contribution is -0.137. The third-order valence-electron chi connectivity index (χ3n) is 2.54. The smallest absolute Gasteiger partial charge is 0.311 e. The molecule has 5 heteroatoms. The van der Waals surface area contributed by atoms with E-state index in [-0.39, 0.29) is 18.6 Å². The second kappa shape index (κ2) is 8.40. The van der Waals surface area contributed by atoms with E-state index in [1.807, 2.05) is 0 Å². The maximum atomic E-state index is 10.5. The quantitative estimate of drug-likeness (QED) is 0.885. The molecule has 0 bridgehead atoms. The van der Waals surface area contributed by atoms with E-state index in [1.165, 1.54) is 44.8 Å². The lowest BCUT2D eigenvalue weighted by Gasteiger charge is -1.97. The van der Waals surface area contributed by atoms with Gasteiger partial charge in [-0.2, -0.15) is 0 Å². The summed E-state index contributed by atoms with van der Waals surface area (Å²) in [7, 11) is 0. The fourth-order valence-electron chi connectivity index (χ4n) is 1.20. The van der Waals surface area contributed by atoms with Gasteiger partial charge < -0.3 is 14.6 Å². The zero-order chi connectivity index (χ0) is 15.0. The molecule has 2 aliphatic rings. The Morgan fingerprint density at radius 1 is 1.00 bits per heavy atom. The number of aliphatic carboxylic acids is 2. The maximum absolute atomic E-state index is 10.5. The molecular weight excluding hydrogens is 260 g/mol. The molecule has 3 rings (SSSR count). The molecule has 112 valence electrons. The molecule has 5 nitrogen and oxygen atoms in total. The monoisotopic (exact) mass is 282 g/mol. The van der Waals surface area contributed by atoms with E-state index in [0.29, 0.717) is 11.1 Å². The van der Waals surface area contributed by atoms with Crippen LogP contribution in [0.1, 0.15) is 55.4 Å². The van der Waals surface area contributed by atoms with E-state index in [4.69, 9.17) is 14.6 Å². The van der Waals surface area contributed by atoms with Crippen LogP contribution in [0.3, 0.4) is 0 Å². The largest absolute Gasteiger partial charge is 0.481 e. The fraction of sp³-hybridized carbons (Fsp3) is 0.600. The zero-order valence-corrected chi connectivity index (χ0v) is 11.9. The fourth-order valence-corrected chi connectivity index (χ4v) is 1.20.